The second kappa shape index (κ2) is 10.2. The molecule has 0 bridgehead atoms. The van der Waals surface area contributed by atoms with Gasteiger partial charge >= 0.3 is 0 Å². The van der Waals surface area contributed by atoms with Crippen molar-refractivity contribution < 1.29 is 23.9 Å². The summed E-state index contributed by atoms with van der Waals surface area (Å²) in [4.78, 5) is 30.1. The van der Waals surface area contributed by atoms with Gasteiger partial charge in [-0.25, -0.2) is 15.0 Å². The van der Waals surface area contributed by atoms with Gasteiger partial charge in [-0.05, 0) is 46.4 Å². The minimum atomic E-state index is -2.80. The van der Waals surface area contributed by atoms with Crippen molar-refractivity contribution in [3.05, 3.63) is 63.2 Å². The molecule has 1 saturated heterocycles. The van der Waals surface area contributed by atoms with Crippen molar-refractivity contribution in [2.24, 2.45) is 0 Å². The zero-order chi connectivity index (χ0) is 27.9. The highest BCUT2D eigenvalue weighted by Gasteiger charge is 2.47. The summed E-state index contributed by atoms with van der Waals surface area (Å²) in [6, 6.07) is 9.55. The first-order chi connectivity index (χ1) is 18.5. The summed E-state index contributed by atoms with van der Waals surface area (Å²) in [5.41, 5.74) is 2.06. The summed E-state index contributed by atoms with van der Waals surface area (Å²) in [6.07, 6.45) is -1.90. The van der Waals surface area contributed by atoms with Crippen LogP contribution in [0, 0.1) is 3.57 Å². The molecule has 5 rings (SSSR count). The lowest BCUT2D eigenvalue weighted by Gasteiger charge is -2.17. The number of carbonyl (C=O) groups excluding carboxylic acids is 1. The van der Waals surface area contributed by atoms with Crippen LogP contribution < -0.4 is 10.6 Å². The number of carbonyl (C=O) groups is 1. The van der Waals surface area contributed by atoms with E-state index in [-0.39, 0.29) is 11.5 Å². The Bertz CT molecular complexity index is 1520. The molecular formula is C23H21ClIN7O4. The number of nitrogens with one attached hydrogen (secondary N) is 2. The number of rotatable bonds is 6. The van der Waals surface area contributed by atoms with E-state index in [0.29, 0.717) is 28.5 Å². The number of anilines is 1. The lowest BCUT2D eigenvalue weighted by Crippen LogP contribution is -2.41. The fourth-order valence-electron chi connectivity index (χ4n) is 3.85. The monoisotopic (exact) mass is 624 g/mol. The number of aromatic nitrogens is 5. The molecule has 4 heterocycles. The van der Waals surface area contributed by atoms with Crippen molar-refractivity contribution in [2.75, 3.05) is 12.3 Å². The molecule has 0 radical (unpaired) electrons. The summed E-state index contributed by atoms with van der Waals surface area (Å²) in [7, 11) is 0. The number of amides is 1. The van der Waals surface area contributed by atoms with Crippen molar-refractivity contribution in [1.29, 1.82) is 0 Å². The van der Waals surface area contributed by atoms with E-state index >= 15 is 0 Å². The minimum absolute atomic E-state index is 0.221. The first-order valence-electron chi connectivity index (χ1n) is 12.2. The van der Waals surface area contributed by atoms with E-state index in [9.17, 15) is 15.0 Å². The van der Waals surface area contributed by atoms with Gasteiger partial charge in [-0.3, -0.25) is 14.3 Å². The molecule has 0 aliphatic carbocycles. The number of hydrogen-bond acceptors (Lipinski definition) is 9. The number of nitrogens with zero attached hydrogens (tertiary/aromatic N) is 5. The molecule has 0 spiro atoms. The van der Waals surface area contributed by atoms with Crippen LogP contribution in [0.5, 0.6) is 0 Å². The molecule has 36 heavy (non-hydrogen) atoms. The van der Waals surface area contributed by atoms with Crippen molar-refractivity contribution in [3.63, 3.8) is 0 Å². The lowest BCUT2D eigenvalue weighted by atomic mass is 10.1. The predicted octanol–water partition coefficient (Wildman–Crippen LogP) is 2.12. The maximum absolute atomic E-state index is 12.4. The highest BCUT2D eigenvalue weighted by Crippen LogP contribution is 2.34. The number of fused-ring (bicyclic) bond motifs is 1. The van der Waals surface area contributed by atoms with Gasteiger partial charge in [0.15, 0.2) is 35.1 Å². The van der Waals surface area contributed by atoms with Crippen LogP contribution in [-0.2, 0) is 16.1 Å². The number of aliphatic hydroxyl groups is 2. The molecule has 1 aliphatic heterocycles. The van der Waals surface area contributed by atoms with Crippen molar-refractivity contribution in [1.82, 2.24) is 29.8 Å². The van der Waals surface area contributed by atoms with Gasteiger partial charge in [-0.15, -0.1) is 0 Å². The van der Waals surface area contributed by atoms with Crippen LogP contribution in [0.4, 0.5) is 5.82 Å². The van der Waals surface area contributed by atoms with Crippen molar-refractivity contribution in [3.8, 4) is 11.4 Å². The first-order valence-corrected chi connectivity index (χ1v) is 12.1. The van der Waals surface area contributed by atoms with E-state index in [2.05, 4.69) is 47.8 Å². The zero-order valence-electron chi connectivity index (χ0n) is 21.3. The fourth-order valence-corrected chi connectivity index (χ4v) is 4.39. The largest absolute Gasteiger partial charge is 0.387 e. The van der Waals surface area contributed by atoms with Crippen molar-refractivity contribution in [2.45, 2.75) is 31.1 Å². The number of ether oxygens (including phenoxy) is 1. The molecule has 3 aromatic heterocycles. The number of benzene rings is 1. The average molecular weight is 625 g/mol. The molecule has 186 valence electrons. The van der Waals surface area contributed by atoms with Gasteiger partial charge < -0.3 is 25.6 Å². The maximum atomic E-state index is 12.4. The highest BCUT2D eigenvalue weighted by molar-refractivity contribution is 14.1. The second-order valence-corrected chi connectivity index (χ2v) is 9.69. The molecule has 0 saturated carbocycles. The predicted molar refractivity (Wildman–Crippen MR) is 140 cm³/mol. The molecular weight excluding hydrogens is 601 g/mol. The highest BCUT2D eigenvalue weighted by atomic mass is 127. The van der Waals surface area contributed by atoms with Crippen LogP contribution in [0.2, 0.25) is 5.02 Å². The van der Waals surface area contributed by atoms with E-state index < -0.39 is 37.4 Å². The Morgan fingerprint density at radius 2 is 2.06 bits per heavy atom. The Hall–Kier alpha value is -2.91. The quantitative estimate of drug-likeness (QED) is 0.237. The van der Waals surface area contributed by atoms with E-state index in [4.69, 9.17) is 20.5 Å². The van der Waals surface area contributed by atoms with Crippen molar-refractivity contribution >= 4 is 57.1 Å². The van der Waals surface area contributed by atoms with E-state index in [1.165, 1.54) is 23.3 Å². The van der Waals surface area contributed by atoms with Gasteiger partial charge in [0.2, 0.25) is 0 Å². The summed E-state index contributed by atoms with van der Waals surface area (Å²) in [6.45, 7) is -2.38. The van der Waals surface area contributed by atoms with Gasteiger partial charge in [-0.1, -0.05) is 23.7 Å². The normalized spacial score (nSPS) is 23.2. The first kappa shape index (κ1) is 21.2. The fraction of sp³-hybridized carbons (Fsp3) is 0.261. The number of likely N-dealkylation sites (N-methyl/N-ethyl adjacent to an activating group) is 1. The average Bonchev–Trinajstić information content (AvgIpc) is 3.43. The van der Waals surface area contributed by atoms with Gasteiger partial charge in [-0.2, -0.15) is 0 Å². The number of imidazole rings is 1. The van der Waals surface area contributed by atoms with Crippen LogP contribution in [0.25, 0.3) is 22.6 Å². The Labute approximate surface area is 228 Å². The second-order valence-electron chi connectivity index (χ2n) is 8.01. The SMILES string of the molecule is [2H]C([2H])([2H])NC(=O)[C@H]1O[C@@H](n2cnc3c(NCc4ccc(I)cc4)nc(-c4cncc(Cl)c4)nc32)[C@H](O)[C@@H]1O. The number of halogens is 2. The molecule has 11 nitrogen and oxygen atoms in total. The molecule has 4 N–H and O–H groups in total. The minimum Gasteiger partial charge on any atom is -0.387 e. The summed E-state index contributed by atoms with van der Waals surface area (Å²) in [5.74, 6) is -0.472. The third-order valence-corrected chi connectivity index (χ3v) is 6.58. The van der Waals surface area contributed by atoms with E-state index in [1.54, 1.807) is 11.4 Å². The number of pyridine rings is 1. The van der Waals surface area contributed by atoms with Gasteiger partial charge in [0.25, 0.3) is 5.91 Å². The Kier molecular flexibility index (Phi) is 6.02. The third kappa shape index (κ3) is 4.74. The molecule has 13 heteroatoms. The number of hydrogen-bond donors (Lipinski definition) is 4. The molecule has 1 aromatic carbocycles. The Morgan fingerprint density at radius 1 is 1.25 bits per heavy atom. The Morgan fingerprint density at radius 3 is 2.81 bits per heavy atom. The molecule has 0 unspecified atom stereocenters. The van der Waals surface area contributed by atoms with Gasteiger partial charge in [0.05, 0.1) is 11.3 Å². The Balaban J connectivity index is 1.53. The maximum Gasteiger partial charge on any atom is 0.251 e. The van der Waals surface area contributed by atoms with Gasteiger partial charge in [0, 0.05) is 39.2 Å². The van der Waals surface area contributed by atoms with Crippen LogP contribution in [0.3, 0.4) is 0 Å². The van der Waals surface area contributed by atoms with E-state index in [0.717, 1.165) is 9.13 Å². The topological polar surface area (TPSA) is 147 Å². The zero-order valence-corrected chi connectivity index (χ0v) is 21.3. The molecule has 4 atom stereocenters. The lowest BCUT2D eigenvalue weighted by molar-refractivity contribution is -0.137. The molecule has 4 aromatic rings. The van der Waals surface area contributed by atoms with Crippen LogP contribution in [0.1, 0.15) is 15.9 Å². The molecule has 1 aliphatic rings. The summed E-state index contributed by atoms with van der Waals surface area (Å²) >= 11 is 8.36. The summed E-state index contributed by atoms with van der Waals surface area (Å²) in [5, 5.41) is 26.7. The van der Waals surface area contributed by atoms with Crippen LogP contribution in [-0.4, -0.2) is 65.9 Å². The number of aliphatic hydroxyl groups excluding tert-OH is 2. The molecule has 1 fully saturated rings. The van der Waals surface area contributed by atoms with Gasteiger partial charge in [0.1, 0.15) is 12.2 Å². The standard InChI is InChI=1S/C23H21ClIN7O4/c1-26-22(35)18-16(33)17(34)23(36-18)32-10-29-15-20(28-7-11-2-4-14(25)5-3-11)30-19(31-21(15)32)12-6-13(24)9-27-8-12/h2-6,8-10,16-18,23,33-34H,7H2,1H3,(H,26,35)(H,28,30,31)/t16-,17+,18-,23+/m0/s1/i1D3. The van der Waals surface area contributed by atoms with Crippen LogP contribution >= 0.6 is 34.2 Å². The summed E-state index contributed by atoms with van der Waals surface area (Å²) < 4.78 is 29.8. The van der Waals surface area contributed by atoms with E-state index in [1.807, 2.05) is 24.3 Å². The molecule has 1 amide bonds. The third-order valence-electron chi connectivity index (χ3n) is 5.65. The van der Waals surface area contributed by atoms with Crippen LogP contribution in [0.15, 0.2) is 49.1 Å². The smallest absolute Gasteiger partial charge is 0.251 e.